The monoisotopic (exact) mass is 291 g/mol. The second-order valence-electron chi connectivity index (χ2n) is 5.36. The van der Waals surface area contributed by atoms with Gasteiger partial charge in [-0.25, -0.2) is 0 Å². The fourth-order valence-corrected chi connectivity index (χ4v) is 2.77. The van der Waals surface area contributed by atoms with Gasteiger partial charge in [0.25, 0.3) is 0 Å². The number of hydrogen-bond donors (Lipinski definition) is 1. The van der Waals surface area contributed by atoms with Crippen molar-refractivity contribution < 1.29 is 4.79 Å². The largest absolute Gasteiger partial charge is 0.370 e. The van der Waals surface area contributed by atoms with E-state index in [1.165, 1.54) is 11.3 Å². The zero-order valence-corrected chi connectivity index (χ0v) is 12.2. The van der Waals surface area contributed by atoms with Gasteiger partial charge in [-0.1, -0.05) is 24.3 Å². The lowest BCUT2D eigenvalue weighted by Gasteiger charge is -2.18. The Morgan fingerprint density at radius 1 is 1.23 bits per heavy atom. The molecule has 0 unspecified atom stereocenters. The summed E-state index contributed by atoms with van der Waals surface area (Å²) in [7, 11) is 0. The summed E-state index contributed by atoms with van der Waals surface area (Å²) in [5.74, 6) is -0.0283. The molecule has 0 bridgehead atoms. The molecular formula is C18H17N3O. The third kappa shape index (κ3) is 3.09. The Bertz CT molecular complexity index is 733. The van der Waals surface area contributed by atoms with Crippen molar-refractivity contribution in [2.75, 3.05) is 23.3 Å². The molecule has 2 aromatic carbocycles. The first-order valence-electron chi connectivity index (χ1n) is 7.39. The minimum absolute atomic E-state index is 0.0283. The van der Waals surface area contributed by atoms with E-state index < -0.39 is 0 Å². The van der Waals surface area contributed by atoms with Crippen molar-refractivity contribution in [2.45, 2.75) is 12.8 Å². The smallest absolute Gasteiger partial charge is 0.226 e. The van der Waals surface area contributed by atoms with E-state index in [1.54, 1.807) is 24.3 Å². The Labute approximate surface area is 130 Å². The van der Waals surface area contributed by atoms with Crippen LogP contribution in [0.1, 0.15) is 17.5 Å². The number of nitriles is 1. The van der Waals surface area contributed by atoms with Crippen LogP contribution in [-0.2, 0) is 11.2 Å². The van der Waals surface area contributed by atoms with Gasteiger partial charge in [0.2, 0.25) is 5.91 Å². The lowest BCUT2D eigenvalue weighted by molar-refractivity contribution is -0.116. The third-order valence-corrected chi connectivity index (χ3v) is 3.87. The Balaban J connectivity index is 1.56. The highest BCUT2D eigenvalue weighted by Crippen LogP contribution is 2.27. The van der Waals surface area contributed by atoms with Crippen LogP contribution >= 0.6 is 0 Å². The van der Waals surface area contributed by atoms with Gasteiger partial charge in [0.15, 0.2) is 0 Å². The van der Waals surface area contributed by atoms with Crippen LogP contribution in [0.3, 0.4) is 0 Å². The summed E-state index contributed by atoms with van der Waals surface area (Å²) < 4.78 is 0. The highest BCUT2D eigenvalue weighted by Gasteiger charge is 2.18. The number of para-hydroxylation sites is 1. The van der Waals surface area contributed by atoms with Crippen molar-refractivity contribution >= 4 is 17.3 Å². The van der Waals surface area contributed by atoms with E-state index >= 15 is 0 Å². The first-order chi connectivity index (χ1) is 10.8. The average molecular weight is 291 g/mol. The van der Waals surface area contributed by atoms with E-state index in [2.05, 4.69) is 34.5 Å². The average Bonchev–Trinajstić information content (AvgIpc) is 2.96. The highest BCUT2D eigenvalue weighted by atomic mass is 16.1. The van der Waals surface area contributed by atoms with Gasteiger partial charge in [0.1, 0.15) is 0 Å². The van der Waals surface area contributed by atoms with Gasteiger partial charge in [-0.2, -0.15) is 5.26 Å². The minimum atomic E-state index is -0.0283. The molecule has 1 heterocycles. The number of benzene rings is 2. The summed E-state index contributed by atoms with van der Waals surface area (Å²) in [6.07, 6.45) is 1.48. The van der Waals surface area contributed by atoms with E-state index in [0.29, 0.717) is 24.2 Å². The molecule has 0 fully saturated rings. The first kappa shape index (κ1) is 14.2. The summed E-state index contributed by atoms with van der Waals surface area (Å²) in [6, 6.07) is 17.4. The summed E-state index contributed by atoms with van der Waals surface area (Å²) in [5, 5.41) is 11.7. The molecule has 1 N–H and O–H groups in total. The van der Waals surface area contributed by atoms with E-state index in [1.807, 2.05) is 6.07 Å². The van der Waals surface area contributed by atoms with Crippen LogP contribution in [-0.4, -0.2) is 19.0 Å². The molecule has 110 valence electrons. The topological polar surface area (TPSA) is 56.1 Å². The van der Waals surface area contributed by atoms with Gasteiger partial charge in [0.05, 0.1) is 11.6 Å². The second-order valence-corrected chi connectivity index (χ2v) is 5.36. The lowest BCUT2D eigenvalue weighted by atomic mass is 10.2. The summed E-state index contributed by atoms with van der Waals surface area (Å²) in [6.45, 7) is 1.68. The molecule has 4 heteroatoms. The highest BCUT2D eigenvalue weighted by molar-refractivity contribution is 5.91. The number of rotatable bonds is 4. The Hall–Kier alpha value is -2.80. The van der Waals surface area contributed by atoms with E-state index in [-0.39, 0.29) is 5.91 Å². The van der Waals surface area contributed by atoms with Crippen molar-refractivity contribution in [3.05, 3.63) is 59.7 Å². The zero-order chi connectivity index (χ0) is 15.4. The molecule has 0 aliphatic carbocycles. The van der Waals surface area contributed by atoms with Gasteiger partial charge in [-0.05, 0) is 36.2 Å². The molecule has 0 spiro atoms. The standard InChI is InChI=1S/C18H17N3O/c19-13-14-4-3-6-16(12-14)20-18(22)9-11-21-10-8-15-5-1-2-7-17(15)21/h1-7,12H,8-11H2,(H,20,22). The number of carbonyl (C=O) groups excluding carboxylic acids is 1. The van der Waals surface area contributed by atoms with Crippen LogP contribution in [0.5, 0.6) is 0 Å². The van der Waals surface area contributed by atoms with E-state index in [9.17, 15) is 4.79 Å². The molecule has 4 nitrogen and oxygen atoms in total. The van der Waals surface area contributed by atoms with Crippen LogP contribution in [0.4, 0.5) is 11.4 Å². The number of anilines is 2. The maximum absolute atomic E-state index is 12.1. The molecule has 1 aliphatic heterocycles. The predicted octanol–water partition coefficient (Wildman–Crippen LogP) is 2.95. The quantitative estimate of drug-likeness (QED) is 0.942. The minimum Gasteiger partial charge on any atom is -0.370 e. The lowest BCUT2D eigenvalue weighted by Crippen LogP contribution is -2.26. The van der Waals surface area contributed by atoms with Crippen molar-refractivity contribution in [3.8, 4) is 6.07 Å². The Kier molecular flexibility index (Phi) is 4.06. The molecule has 1 aliphatic rings. The van der Waals surface area contributed by atoms with Gasteiger partial charge in [-0.15, -0.1) is 0 Å². The zero-order valence-electron chi connectivity index (χ0n) is 12.2. The summed E-state index contributed by atoms with van der Waals surface area (Å²) in [4.78, 5) is 14.3. The molecule has 3 rings (SSSR count). The van der Waals surface area contributed by atoms with Crippen LogP contribution < -0.4 is 10.2 Å². The fraction of sp³-hybridized carbons (Fsp3) is 0.222. The summed E-state index contributed by atoms with van der Waals surface area (Å²) in [5.41, 5.74) is 3.81. The van der Waals surface area contributed by atoms with E-state index in [0.717, 1.165) is 13.0 Å². The van der Waals surface area contributed by atoms with Crippen LogP contribution in [0, 0.1) is 11.3 Å². The molecule has 0 saturated carbocycles. The van der Waals surface area contributed by atoms with Gasteiger partial charge < -0.3 is 10.2 Å². The van der Waals surface area contributed by atoms with Crippen LogP contribution in [0.25, 0.3) is 0 Å². The molecule has 0 atom stereocenters. The normalized spacial score (nSPS) is 12.6. The molecule has 0 saturated heterocycles. The van der Waals surface area contributed by atoms with Crippen molar-refractivity contribution in [1.29, 1.82) is 5.26 Å². The molecule has 0 aromatic heterocycles. The predicted molar refractivity (Wildman–Crippen MR) is 86.8 cm³/mol. The molecule has 2 aromatic rings. The van der Waals surface area contributed by atoms with Gasteiger partial charge in [0, 0.05) is 30.9 Å². The van der Waals surface area contributed by atoms with Gasteiger partial charge >= 0.3 is 0 Å². The second kappa shape index (κ2) is 6.31. The van der Waals surface area contributed by atoms with Crippen molar-refractivity contribution in [2.24, 2.45) is 0 Å². The Morgan fingerprint density at radius 2 is 2.09 bits per heavy atom. The number of nitrogens with one attached hydrogen (secondary N) is 1. The first-order valence-corrected chi connectivity index (χ1v) is 7.39. The maximum atomic E-state index is 12.1. The molecule has 0 radical (unpaired) electrons. The summed E-state index contributed by atoms with van der Waals surface area (Å²) >= 11 is 0. The van der Waals surface area contributed by atoms with Crippen LogP contribution in [0.2, 0.25) is 0 Å². The SMILES string of the molecule is N#Cc1cccc(NC(=O)CCN2CCc3ccccc32)c1. The maximum Gasteiger partial charge on any atom is 0.226 e. The number of amides is 1. The van der Waals surface area contributed by atoms with Crippen molar-refractivity contribution in [1.82, 2.24) is 0 Å². The van der Waals surface area contributed by atoms with Crippen molar-refractivity contribution in [3.63, 3.8) is 0 Å². The third-order valence-electron chi connectivity index (χ3n) is 3.87. The van der Waals surface area contributed by atoms with Crippen LogP contribution in [0.15, 0.2) is 48.5 Å². The number of fused-ring (bicyclic) bond motifs is 1. The number of nitrogens with zero attached hydrogens (tertiary/aromatic N) is 2. The fourth-order valence-electron chi connectivity index (χ4n) is 2.77. The number of carbonyl (C=O) groups is 1. The molecular weight excluding hydrogens is 274 g/mol. The molecule has 22 heavy (non-hydrogen) atoms. The van der Waals surface area contributed by atoms with Gasteiger partial charge in [-0.3, -0.25) is 4.79 Å². The molecule has 1 amide bonds. The number of hydrogen-bond acceptors (Lipinski definition) is 3. The Morgan fingerprint density at radius 3 is 2.95 bits per heavy atom. The van der Waals surface area contributed by atoms with E-state index in [4.69, 9.17) is 5.26 Å².